The summed E-state index contributed by atoms with van der Waals surface area (Å²) in [5.74, 6) is 0.494. The fourth-order valence-electron chi connectivity index (χ4n) is 5.15. The Morgan fingerprint density at radius 1 is 1.18 bits per heavy atom. The Morgan fingerprint density at radius 3 is 2.58 bits per heavy atom. The summed E-state index contributed by atoms with van der Waals surface area (Å²) >= 11 is 1.61. The van der Waals surface area contributed by atoms with Gasteiger partial charge >= 0.3 is 5.97 Å². The first kappa shape index (κ1) is 26.1. The molecule has 2 saturated heterocycles. The van der Waals surface area contributed by atoms with Crippen molar-refractivity contribution in [3.05, 3.63) is 21.7 Å². The molecule has 0 radical (unpaired) electrons. The van der Waals surface area contributed by atoms with E-state index in [1.165, 1.54) is 0 Å². The van der Waals surface area contributed by atoms with Crippen molar-refractivity contribution in [3.63, 3.8) is 0 Å². The van der Waals surface area contributed by atoms with Gasteiger partial charge in [0, 0.05) is 29.6 Å². The number of nitrogens with zero attached hydrogens (tertiary/aromatic N) is 1. The number of carbonyl (C=O) groups is 2. The Balaban J connectivity index is 1.79. The zero-order valence-corrected chi connectivity index (χ0v) is 22.2. The lowest BCUT2D eigenvalue weighted by Crippen LogP contribution is -2.32. The summed E-state index contributed by atoms with van der Waals surface area (Å²) in [7, 11) is 0. The molecule has 33 heavy (non-hydrogen) atoms. The SMILES string of the molecule is CC(=Cc1csc(C)n1)C1CC2OC2(C)CCCC(C)CC(C)C(=O)C(C)(C)CCC(=O)O1. The Hall–Kier alpha value is -1.53. The minimum absolute atomic E-state index is 0.000990. The van der Waals surface area contributed by atoms with Crippen molar-refractivity contribution in [1.82, 2.24) is 4.98 Å². The van der Waals surface area contributed by atoms with Crippen molar-refractivity contribution < 1.29 is 19.1 Å². The number of hydrogen-bond donors (Lipinski definition) is 0. The molecule has 2 aliphatic rings. The first-order valence-electron chi connectivity index (χ1n) is 12.4. The molecule has 3 rings (SSSR count). The van der Waals surface area contributed by atoms with E-state index in [0.717, 1.165) is 42.0 Å². The Labute approximate surface area is 203 Å². The molecule has 1 aromatic heterocycles. The number of aryl methyl sites for hydroxylation is 1. The topological polar surface area (TPSA) is 68.8 Å². The number of cyclic esters (lactones) is 1. The monoisotopic (exact) mass is 475 g/mol. The van der Waals surface area contributed by atoms with Crippen LogP contribution in [0.5, 0.6) is 0 Å². The van der Waals surface area contributed by atoms with Crippen molar-refractivity contribution in [2.45, 2.75) is 111 Å². The third kappa shape index (κ3) is 6.98. The van der Waals surface area contributed by atoms with Crippen molar-refractivity contribution in [2.75, 3.05) is 0 Å². The first-order valence-corrected chi connectivity index (χ1v) is 13.3. The van der Waals surface area contributed by atoms with E-state index in [2.05, 4.69) is 18.8 Å². The van der Waals surface area contributed by atoms with Gasteiger partial charge in [-0.1, -0.05) is 40.5 Å². The van der Waals surface area contributed by atoms with Gasteiger partial charge in [-0.25, -0.2) is 4.98 Å². The van der Waals surface area contributed by atoms with Crippen LogP contribution < -0.4 is 0 Å². The standard InChI is InChI=1S/C27H41NO4S/c1-17-9-8-11-27(7)23(32-27)15-22(18(2)14-21-16-33-20(4)28-21)31-24(29)10-12-26(5,6)25(30)19(3)13-17/h14,16-17,19,22-23H,8-13,15H2,1-7H3. The number of ketones is 1. The Bertz CT molecular complexity index is 888. The maximum atomic E-state index is 13.1. The van der Waals surface area contributed by atoms with Crippen molar-refractivity contribution in [1.29, 1.82) is 0 Å². The third-order valence-electron chi connectivity index (χ3n) is 7.45. The summed E-state index contributed by atoms with van der Waals surface area (Å²) < 4.78 is 12.1. The minimum Gasteiger partial charge on any atom is -0.458 e. The predicted molar refractivity (Wildman–Crippen MR) is 133 cm³/mol. The summed E-state index contributed by atoms with van der Waals surface area (Å²) in [4.78, 5) is 30.5. The van der Waals surface area contributed by atoms with Crippen LogP contribution in [0.2, 0.25) is 0 Å². The molecule has 2 aliphatic heterocycles. The number of aromatic nitrogens is 1. The minimum atomic E-state index is -0.536. The summed E-state index contributed by atoms with van der Waals surface area (Å²) in [5, 5.41) is 3.03. The highest BCUT2D eigenvalue weighted by Gasteiger charge is 2.52. The van der Waals surface area contributed by atoms with Crippen molar-refractivity contribution in [2.24, 2.45) is 17.3 Å². The van der Waals surface area contributed by atoms with Crippen LogP contribution in [0.4, 0.5) is 0 Å². The molecule has 0 saturated carbocycles. The van der Waals surface area contributed by atoms with Crippen LogP contribution >= 0.6 is 11.3 Å². The second-order valence-electron chi connectivity index (χ2n) is 11.2. The largest absolute Gasteiger partial charge is 0.458 e. The molecular formula is C27H41NO4S. The lowest BCUT2D eigenvalue weighted by Gasteiger charge is -2.28. The zero-order valence-electron chi connectivity index (χ0n) is 21.4. The summed E-state index contributed by atoms with van der Waals surface area (Å²) in [6.07, 6.45) is 7.22. The van der Waals surface area contributed by atoms with E-state index in [9.17, 15) is 9.59 Å². The molecule has 0 amide bonds. The molecule has 3 heterocycles. The van der Waals surface area contributed by atoms with E-state index < -0.39 is 5.41 Å². The van der Waals surface area contributed by atoms with Gasteiger partial charge in [-0.3, -0.25) is 9.59 Å². The quantitative estimate of drug-likeness (QED) is 0.359. The smallest absolute Gasteiger partial charge is 0.306 e. The van der Waals surface area contributed by atoms with Gasteiger partial charge in [-0.05, 0) is 57.6 Å². The molecule has 5 atom stereocenters. The molecule has 6 heteroatoms. The van der Waals surface area contributed by atoms with Gasteiger partial charge in [0.2, 0.25) is 0 Å². The van der Waals surface area contributed by atoms with Gasteiger partial charge in [-0.2, -0.15) is 0 Å². The summed E-state index contributed by atoms with van der Waals surface area (Å²) in [6.45, 7) is 14.4. The highest BCUT2D eigenvalue weighted by atomic mass is 32.1. The van der Waals surface area contributed by atoms with E-state index >= 15 is 0 Å². The first-order chi connectivity index (χ1) is 15.4. The van der Waals surface area contributed by atoms with E-state index in [1.807, 2.05) is 46.1 Å². The van der Waals surface area contributed by atoms with Gasteiger partial charge in [0.1, 0.15) is 11.9 Å². The van der Waals surface area contributed by atoms with Crippen LogP contribution in [0.25, 0.3) is 6.08 Å². The molecule has 0 aliphatic carbocycles. The normalized spacial score (nSPS) is 34.5. The molecule has 5 unspecified atom stereocenters. The molecule has 0 aromatic carbocycles. The maximum Gasteiger partial charge on any atom is 0.306 e. The van der Waals surface area contributed by atoms with Crippen LogP contribution in [0.3, 0.4) is 0 Å². The van der Waals surface area contributed by atoms with Gasteiger partial charge in [0.05, 0.1) is 22.4 Å². The van der Waals surface area contributed by atoms with Gasteiger partial charge in [0.25, 0.3) is 0 Å². The summed E-state index contributed by atoms with van der Waals surface area (Å²) in [6, 6.07) is 0. The van der Waals surface area contributed by atoms with Crippen molar-refractivity contribution >= 4 is 29.2 Å². The number of esters is 1. The number of rotatable bonds is 2. The lowest BCUT2D eigenvalue weighted by molar-refractivity contribution is -0.148. The molecule has 2 fully saturated rings. The molecule has 184 valence electrons. The summed E-state index contributed by atoms with van der Waals surface area (Å²) in [5.41, 5.74) is 1.19. The Kier molecular flexibility index (Phi) is 8.21. The number of Topliss-reactive ketones (excluding diaryl/α,β-unsaturated/α-hetero) is 1. The lowest BCUT2D eigenvalue weighted by atomic mass is 9.75. The third-order valence-corrected chi connectivity index (χ3v) is 8.24. The molecule has 0 N–H and O–H groups in total. The molecular weight excluding hydrogens is 434 g/mol. The highest BCUT2D eigenvalue weighted by molar-refractivity contribution is 7.09. The number of hydrogen-bond acceptors (Lipinski definition) is 6. The van der Waals surface area contributed by atoms with E-state index in [0.29, 0.717) is 18.8 Å². The van der Waals surface area contributed by atoms with Crippen LogP contribution in [-0.4, -0.2) is 34.5 Å². The van der Waals surface area contributed by atoms with Crippen LogP contribution in [0.15, 0.2) is 11.0 Å². The molecule has 0 spiro atoms. The average molecular weight is 476 g/mol. The number of epoxide rings is 1. The number of fused-ring (bicyclic) bond motifs is 1. The second-order valence-corrected chi connectivity index (χ2v) is 12.3. The van der Waals surface area contributed by atoms with Crippen molar-refractivity contribution in [3.8, 4) is 0 Å². The number of carbonyl (C=O) groups excluding carboxylic acids is 2. The highest BCUT2D eigenvalue weighted by Crippen LogP contribution is 2.45. The van der Waals surface area contributed by atoms with E-state index in [1.54, 1.807) is 11.3 Å². The zero-order chi connectivity index (χ0) is 24.4. The number of thiazole rings is 1. The van der Waals surface area contributed by atoms with E-state index in [4.69, 9.17) is 9.47 Å². The van der Waals surface area contributed by atoms with Crippen LogP contribution in [-0.2, 0) is 19.1 Å². The molecule has 5 nitrogen and oxygen atoms in total. The maximum absolute atomic E-state index is 13.1. The van der Waals surface area contributed by atoms with Gasteiger partial charge < -0.3 is 9.47 Å². The fraction of sp³-hybridized carbons (Fsp3) is 0.741. The number of ether oxygens (including phenoxy) is 2. The molecule has 0 bridgehead atoms. The Morgan fingerprint density at radius 2 is 1.91 bits per heavy atom. The van der Waals surface area contributed by atoms with Gasteiger partial charge in [0.15, 0.2) is 0 Å². The second kappa shape index (κ2) is 10.4. The predicted octanol–water partition coefficient (Wildman–Crippen LogP) is 6.54. The average Bonchev–Trinajstić information content (AvgIpc) is 3.17. The van der Waals surface area contributed by atoms with Crippen LogP contribution in [0.1, 0.15) is 97.2 Å². The fourth-order valence-corrected chi connectivity index (χ4v) is 5.72. The molecule has 1 aromatic rings. The van der Waals surface area contributed by atoms with Crippen LogP contribution in [0, 0.1) is 24.2 Å². The van der Waals surface area contributed by atoms with Gasteiger partial charge in [-0.15, -0.1) is 11.3 Å². The van der Waals surface area contributed by atoms with E-state index in [-0.39, 0.29) is 41.9 Å².